The summed E-state index contributed by atoms with van der Waals surface area (Å²) in [6.07, 6.45) is 1.53. The number of fused-ring (bicyclic) bond motifs is 1. The largest absolute Gasteiger partial charge is 0.346 e. The molecule has 7 nitrogen and oxygen atoms in total. The minimum absolute atomic E-state index is 0.152. The molecular weight excluding hydrogens is 284 g/mol. The van der Waals surface area contributed by atoms with Crippen LogP contribution in [0, 0.1) is 0 Å². The Balaban J connectivity index is 1.86. The summed E-state index contributed by atoms with van der Waals surface area (Å²) in [6, 6.07) is 9.77. The molecule has 0 aliphatic carbocycles. The van der Waals surface area contributed by atoms with Crippen molar-refractivity contribution in [1.82, 2.24) is 20.5 Å². The SMILES string of the molecule is O=C(NCc1ccc(=O)[nH]c1)c1n[nH]c(=O)c2ccccc12. The van der Waals surface area contributed by atoms with Gasteiger partial charge in [-0.3, -0.25) is 14.4 Å². The lowest BCUT2D eigenvalue weighted by Crippen LogP contribution is -2.26. The predicted molar refractivity (Wildman–Crippen MR) is 80.6 cm³/mol. The van der Waals surface area contributed by atoms with Gasteiger partial charge in [0.05, 0.1) is 5.39 Å². The zero-order valence-corrected chi connectivity index (χ0v) is 11.4. The molecule has 2 aromatic heterocycles. The van der Waals surface area contributed by atoms with E-state index in [1.54, 1.807) is 30.3 Å². The summed E-state index contributed by atoms with van der Waals surface area (Å²) in [4.78, 5) is 37.4. The van der Waals surface area contributed by atoms with Crippen LogP contribution in [-0.2, 0) is 6.54 Å². The van der Waals surface area contributed by atoms with Crippen LogP contribution in [0.15, 0.2) is 52.2 Å². The first kappa shape index (κ1) is 13.7. The summed E-state index contributed by atoms with van der Waals surface area (Å²) >= 11 is 0. The number of aromatic amines is 2. The number of carbonyl (C=O) groups excluding carboxylic acids is 1. The van der Waals surface area contributed by atoms with Crippen molar-refractivity contribution in [3.63, 3.8) is 0 Å². The summed E-state index contributed by atoms with van der Waals surface area (Å²) in [7, 11) is 0. The monoisotopic (exact) mass is 296 g/mol. The molecule has 0 saturated heterocycles. The highest BCUT2D eigenvalue weighted by molar-refractivity contribution is 6.04. The molecule has 0 radical (unpaired) electrons. The number of carbonyl (C=O) groups is 1. The minimum atomic E-state index is -0.404. The molecule has 0 unspecified atom stereocenters. The summed E-state index contributed by atoms with van der Waals surface area (Å²) in [5.41, 5.74) is 0.359. The summed E-state index contributed by atoms with van der Waals surface area (Å²) in [6.45, 7) is 0.241. The molecule has 7 heteroatoms. The lowest BCUT2D eigenvalue weighted by atomic mass is 10.1. The smallest absolute Gasteiger partial charge is 0.272 e. The molecule has 0 aliphatic heterocycles. The predicted octanol–water partition coefficient (Wildman–Crippen LogP) is 0.541. The highest BCUT2D eigenvalue weighted by Crippen LogP contribution is 2.12. The molecule has 0 bridgehead atoms. The molecule has 110 valence electrons. The lowest BCUT2D eigenvalue weighted by molar-refractivity contribution is 0.0946. The molecule has 0 aliphatic rings. The molecule has 1 amide bonds. The molecule has 1 aromatic carbocycles. The third kappa shape index (κ3) is 2.64. The minimum Gasteiger partial charge on any atom is -0.346 e. The molecule has 0 atom stereocenters. The number of amides is 1. The first-order chi connectivity index (χ1) is 10.6. The normalized spacial score (nSPS) is 10.5. The quantitative estimate of drug-likeness (QED) is 0.655. The third-order valence-corrected chi connectivity index (χ3v) is 3.21. The Morgan fingerprint density at radius 3 is 2.59 bits per heavy atom. The number of benzene rings is 1. The Kier molecular flexibility index (Phi) is 3.53. The van der Waals surface area contributed by atoms with Crippen molar-refractivity contribution < 1.29 is 4.79 Å². The van der Waals surface area contributed by atoms with Gasteiger partial charge >= 0.3 is 0 Å². The second kappa shape index (κ2) is 5.65. The molecular formula is C15H12N4O3. The number of aromatic nitrogens is 3. The van der Waals surface area contributed by atoms with Gasteiger partial charge in [0.1, 0.15) is 0 Å². The average Bonchev–Trinajstić information content (AvgIpc) is 2.55. The second-order valence-corrected chi connectivity index (χ2v) is 4.69. The fourth-order valence-corrected chi connectivity index (χ4v) is 2.11. The average molecular weight is 296 g/mol. The van der Waals surface area contributed by atoms with Crippen molar-refractivity contribution in [3.8, 4) is 0 Å². The molecule has 0 saturated carbocycles. The maximum absolute atomic E-state index is 12.2. The van der Waals surface area contributed by atoms with Crippen LogP contribution in [0.1, 0.15) is 16.1 Å². The molecule has 2 heterocycles. The van der Waals surface area contributed by atoms with Crippen LogP contribution in [0.2, 0.25) is 0 Å². The molecule has 3 rings (SSSR count). The van der Waals surface area contributed by atoms with Crippen molar-refractivity contribution in [1.29, 1.82) is 0 Å². The van der Waals surface area contributed by atoms with Crippen LogP contribution in [0.4, 0.5) is 0 Å². The van der Waals surface area contributed by atoms with E-state index in [-0.39, 0.29) is 23.4 Å². The number of pyridine rings is 1. The van der Waals surface area contributed by atoms with Crippen LogP contribution in [0.25, 0.3) is 10.8 Å². The van der Waals surface area contributed by atoms with E-state index in [4.69, 9.17) is 0 Å². The second-order valence-electron chi connectivity index (χ2n) is 4.69. The zero-order chi connectivity index (χ0) is 15.5. The molecule has 22 heavy (non-hydrogen) atoms. The van der Waals surface area contributed by atoms with Gasteiger partial charge in [0.15, 0.2) is 5.69 Å². The molecule has 3 N–H and O–H groups in total. The van der Waals surface area contributed by atoms with E-state index in [0.29, 0.717) is 10.8 Å². The van der Waals surface area contributed by atoms with Gasteiger partial charge in [-0.25, -0.2) is 5.10 Å². The maximum Gasteiger partial charge on any atom is 0.272 e. The Hall–Kier alpha value is -3.22. The Bertz CT molecular complexity index is 938. The highest BCUT2D eigenvalue weighted by atomic mass is 16.2. The van der Waals surface area contributed by atoms with E-state index < -0.39 is 5.91 Å². The van der Waals surface area contributed by atoms with Crippen LogP contribution in [-0.4, -0.2) is 21.1 Å². The van der Waals surface area contributed by atoms with Gasteiger partial charge in [-0.05, 0) is 11.6 Å². The van der Waals surface area contributed by atoms with Gasteiger partial charge in [0.2, 0.25) is 5.56 Å². The molecule has 0 spiro atoms. The first-order valence-corrected chi connectivity index (χ1v) is 6.58. The van der Waals surface area contributed by atoms with Crippen molar-refractivity contribution in [2.24, 2.45) is 0 Å². The van der Waals surface area contributed by atoms with E-state index in [9.17, 15) is 14.4 Å². The van der Waals surface area contributed by atoms with Gasteiger partial charge in [-0.1, -0.05) is 24.3 Å². The van der Waals surface area contributed by atoms with E-state index in [2.05, 4.69) is 20.5 Å². The van der Waals surface area contributed by atoms with E-state index in [0.717, 1.165) is 5.56 Å². The van der Waals surface area contributed by atoms with Crippen LogP contribution in [0.3, 0.4) is 0 Å². The van der Waals surface area contributed by atoms with Crippen LogP contribution in [0.5, 0.6) is 0 Å². The molecule has 3 aromatic rings. The van der Waals surface area contributed by atoms with Crippen molar-refractivity contribution >= 4 is 16.7 Å². The number of rotatable bonds is 3. The van der Waals surface area contributed by atoms with Crippen LogP contribution < -0.4 is 16.4 Å². The van der Waals surface area contributed by atoms with E-state index in [1.165, 1.54) is 12.3 Å². The fourth-order valence-electron chi connectivity index (χ4n) is 2.11. The van der Waals surface area contributed by atoms with Gasteiger partial charge in [0.25, 0.3) is 11.5 Å². The number of H-pyrrole nitrogens is 2. The van der Waals surface area contributed by atoms with E-state index in [1.807, 2.05) is 0 Å². The number of nitrogens with zero attached hydrogens (tertiary/aromatic N) is 1. The Morgan fingerprint density at radius 1 is 1.09 bits per heavy atom. The Morgan fingerprint density at radius 2 is 1.86 bits per heavy atom. The summed E-state index contributed by atoms with van der Waals surface area (Å²) in [5.74, 6) is -0.404. The number of hydrogen-bond donors (Lipinski definition) is 3. The van der Waals surface area contributed by atoms with Gasteiger partial charge in [-0.15, -0.1) is 0 Å². The lowest BCUT2D eigenvalue weighted by Gasteiger charge is -2.06. The zero-order valence-electron chi connectivity index (χ0n) is 11.4. The Labute approximate surface area is 124 Å². The third-order valence-electron chi connectivity index (χ3n) is 3.21. The number of nitrogens with one attached hydrogen (secondary N) is 3. The van der Waals surface area contributed by atoms with Crippen molar-refractivity contribution in [2.45, 2.75) is 6.54 Å². The van der Waals surface area contributed by atoms with E-state index >= 15 is 0 Å². The van der Waals surface area contributed by atoms with Gasteiger partial charge in [0, 0.05) is 24.2 Å². The summed E-state index contributed by atoms with van der Waals surface area (Å²) < 4.78 is 0. The van der Waals surface area contributed by atoms with Gasteiger partial charge < -0.3 is 10.3 Å². The number of hydrogen-bond acceptors (Lipinski definition) is 4. The topological polar surface area (TPSA) is 108 Å². The fraction of sp³-hybridized carbons (Fsp3) is 0.0667. The molecule has 0 fully saturated rings. The standard InChI is InChI=1S/C15H12N4O3/c20-12-6-5-9(7-16-12)8-17-15(22)13-10-3-1-2-4-11(10)14(21)19-18-13/h1-7H,8H2,(H,16,20)(H,17,22)(H,19,21). The maximum atomic E-state index is 12.2. The van der Waals surface area contributed by atoms with Crippen molar-refractivity contribution in [3.05, 3.63) is 74.6 Å². The first-order valence-electron chi connectivity index (χ1n) is 6.58. The van der Waals surface area contributed by atoms with Crippen LogP contribution >= 0.6 is 0 Å². The van der Waals surface area contributed by atoms with Crippen molar-refractivity contribution in [2.75, 3.05) is 0 Å². The van der Waals surface area contributed by atoms with Gasteiger partial charge in [-0.2, -0.15) is 5.10 Å². The highest BCUT2D eigenvalue weighted by Gasteiger charge is 2.13. The summed E-state index contributed by atoms with van der Waals surface area (Å²) in [5, 5.41) is 9.74.